The van der Waals surface area contributed by atoms with E-state index in [1.165, 1.54) is 6.20 Å². The number of hydrogen-bond acceptors (Lipinski definition) is 3. The van der Waals surface area contributed by atoms with Gasteiger partial charge in [0.25, 0.3) is 0 Å². The lowest BCUT2D eigenvalue weighted by molar-refractivity contribution is 1.11. The average Bonchev–Trinajstić information content (AvgIpc) is 2.17. The van der Waals surface area contributed by atoms with Crippen molar-refractivity contribution in [1.82, 2.24) is 9.97 Å². The van der Waals surface area contributed by atoms with Crippen molar-refractivity contribution in [2.24, 2.45) is 0 Å². The van der Waals surface area contributed by atoms with Crippen LogP contribution in [0.3, 0.4) is 0 Å². The summed E-state index contributed by atoms with van der Waals surface area (Å²) in [7, 11) is 0. The summed E-state index contributed by atoms with van der Waals surface area (Å²) in [6.07, 6.45) is 10.7. The maximum Gasteiger partial charge on any atom is 0.142 e. The Morgan fingerprint density at radius 3 is 2.79 bits per heavy atom. The molecule has 1 rings (SSSR count). The summed E-state index contributed by atoms with van der Waals surface area (Å²) in [5, 5.41) is 1.52. The van der Waals surface area contributed by atoms with E-state index in [0.717, 1.165) is 10.7 Å². The summed E-state index contributed by atoms with van der Waals surface area (Å²) in [5.74, 6) is 0.413. The molecule has 0 fully saturated rings. The standard InChI is InChI=1S/C11H13N3/c1-3-5-7-9-10(6-4-2)14-11(12)8-13-9/h3-8H,2H2,1H3,(H2,12,14)/b5-3-,9-7+,10-6+. The highest BCUT2D eigenvalue weighted by Crippen LogP contribution is 1.81. The van der Waals surface area contributed by atoms with Gasteiger partial charge < -0.3 is 5.73 Å². The first-order chi connectivity index (χ1) is 6.77. The van der Waals surface area contributed by atoms with Crippen LogP contribution in [0.5, 0.6) is 0 Å². The Hall–Kier alpha value is -1.90. The summed E-state index contributed by atoms with van der Waals surface area (Å²) in [5.41, 5.74) is 5.53. The third kappa shape index (κ3) is 2.55. The number of aromatic nitrogens is 2. The van der Waals surface area contributed by atoms with E-state index < -0.39 is 0 Å². The smallest absolute Gasteiger partial charge is 0.142 e. The fraction of sp³-hybridized carbons (Fsp3) is 0.0909. The Bertz CT molecular complexity index is 458. The van der Waals surface area contributed by atoms with E-state index in [4.69, 9.17) is 5.73 Å². The van der Waals surface area contributed by atoms with Crippen molar-refractivity contribution in [2.75, 3.05) is 5.73 Å². The molecule has 14 heavy (non-hydrogen) atoms. The van der Waals surface area contributed by atoms with Crippen molar-refractivity contribution in [3.63, 3.8) is 0 Å². The van der Waals surface area contributed by atoms with Gasteiger partial charge in [-0.05, 0) is 19.1 Å². The number of allylic oxidation sites excluding steroid dienone is 3. The van der Waals surface area contributed by atoms with Gasteiger partial charge >= 0.3 is 0 Å². The summed E-state index contributed by atoms with van der Waals surface area (Å²) < 4.78 is 0. The molecule has 3 heteroatoms. The summed E-state index contributed by atoms with van der Waals surface area (Å²) >= 11 is 0. The minimum Gasteiger partial charge on any atom is -0.382 e. The lowest BCUT2D eigenvalue weighted by atomic mass is 10.4. The number of nitrogens with zero attached hydrogens (tertiary/aromatic N) is 2. The van der Waals surface area contributed by atoms with Crippen LogP contribution >= 0.6 is 0 Å². The molecule has 0 radical (unpaired) electrons. The van der Waals surface area contributed by atoms with E-state index in [1.807, 2.05) is 25.2 Å². The number of nitrogens with two attached hydrogens (primary N) is 1. The van der Waals surface area contributed by atoms with Gasteiger partial charge in [0.05, 0.1) is 16.9 Å². The molecule has 2 N–H and O–H groups in total. The van der Waals surface area contributed by atoms with Crippen LogP contribution in [0.2, 0.25) is 0 Å². The van der Waals surface area contributed by atoms with Gasteiger partial charge in [0.1, 0.15) is 5.82 Å². The van der Waals surface area contributed by atoms with E-state index in [-0.39, 0.29) is 0 Å². The molecule has 0 aliphatic carbocycles. The minimum atomic E-state index is 0.413. The van der Waals surface area contributed by atoms with E-state index in [0.29, 0.717) is 5.82 Å². The van der Waals surface area contributed by atoms with Crippen LogP contribution in [0.1, 0.15) is 6.92 Å². The van der Waals surface area contributed by atoms with Crippen LogP contribution < -0.4 is 16.4 Å². The third-order valence-corrected chi connectivity index (χ3v) is 1.57. The van der Waals surface area contributed by atoms with Crippen LogP contribution in [0.15, 0.2) is 31.0 Å². The quantitative estimate of drug-likeness (QED) is 0.728. The van der Waals surface area contributed by atoms with Crippen molar-refractivity contribution < 1.29 is 0 Å². The van der Waals surface area contributed by atoms with Gasteiger partial charge in [-0.25, -0.2) is 4.98 Å². The molecule has 0 saturated heterocycles. The second-order valence-electron chi connectivity index (χ2n) is 2.66. The van der Waals surface area contributed by atoms with E-state index in [9.17, 15) is 0 Å². The highest BCUT2D eigenvalue weighted by atomic mass is 14.9. The average molecular weight is 187 g/mol. The molecule has 0 saturated carbocycles. The normalized spacial score (nSPS) is 13.8. The van der Waals surface area contributed by atoms with Gasteiger partial charge in [-0.15, -0.1) is 0 Å². The minimum absolute atomic E-state index is 0.413. The summed E-state index contributed by atoms with van der Waals surface area (Å²) in [6.45, 7) is 5.55. The topological polar surface area (TPSA) is 51.8 Å². The first-order valence-corrected chi connectivity index (χ1v) is 4.32. The SMILES string of the molecule is C=C/C=c1/nc(N)cn/c1=C/C=C\C. The van der Waals surface area contributed by atoms with Gasteiger partial charge in [-0.2, -0.15) is 0 Å². The molecule has 0 aliphatic heterocycles. The number of hydrogen-bond donors (Lipinski definition) is 1. The molecule has 0 aliphatic rings. The maximum atomic E-state index is 5.53. The van der Waals surface area contributed by atoms with Crippen LogP contribution in [-0.4, -0.2) is 9.97 Å². The van der Waals surface area contributed by atoms with Gasteiger partial charge in [0.15, 0.2) is 0 Å². The molecule has 1 aromatic rings. The van der Waals surface area contributed by atoms with Crippen molar-refractivity contribution >= 4 is 18.0 Å². The number of rotatable bonds is 2. The van der Waals surface area contributed by atoms with Crippen LogP contribution in [0.25, 0.3) is 12.2 Å². The Balaban J connectivity index is 3.44. The monoisotopic (exact) mass is 187 g/mol. The second kappa shape index (κ2) is 4.97. The van der Waals surface area contributed by atoms with Crippen LogP contribution in [-0.2, 0) is 0 Å². The molecule has 1 heterocycles. The van der Waals surface area contributed by atoms with Gasteiger partial charge in [-0.3, -0.25) is 4.98 Å². The van der Waals surface area contributed by atoms with E-state index in [2.05, 4.69) is 16.5 Å². The molecule has 1 aromatic heterocycles. The second-order valence-corrected chi connectivity index (χ2v) is 2.66. The molecule has 0 bridgehead atoms. The Morgan fingerprint density at radius 1 is 1.36 bits per heavy atom. The molecule has 3 nitrogen and oxygen atoms in total. The van der Waals surface area contributed by atoms with Crippen molar-refractivity contribution in [1.29, 1.82) is 0 Å². The first kappa shape index (κ1) is 10.2. The zero-order valence-electron chi connectivity index (χ0n) is 8.14. The van der Waals surface area contributed by atoms with Crippen molar-refractivity contribution in [2.45, 2.75) is 6.92 Å². The lowest BCUT2D eigenvalue weighted by Gasteiger charge is -1.91. The van der Waals surface area contributed by atoms with Gasteiger partial charge in [0, 0.05) is 0 Å². The van der Waals surface area contributed by atoms with Crippen LogP contribution in [0.4, 0.5) is 5.82 Å². The number of anilines is 1. The fourth-order valence-electron chi connectivity index (χ4n) is 0.977. The fourth-order valence-corrected chi connectivity index (χ4v) is 0.977. The van der Waals surface area contributed by atoms with Crippen molar-refractivity contribution in [3.8, 4) is 0 Å². The Kier molecular flexibility index (Phi) is 3.61. The van der Waals surface area contributed by atoms with Gasteiger partial charge in [-0.1, -0.05) is 24.8 Å². The van der Waals surface area contributed by atoms with Gasteiger partial charge in [0.2, 0.25) is 0 Å². The molecule has 0 spiro atoms. The largest absolute Gasteiger partial charge is 0.382 e. The van der Waals surface area contributed by atoms with E-state index in [1.54, 1.807) is 12.2 Å². The number of nitrogen functional groups attached to an aromatic ring is 1. The summed E-state index contributed by atoms with van der Waals surface area (Å²) in [6, 6.07) is 0. The third-order valence-electron chi connectivity index (χ3n) is 1.57. The maximum absolute atomic E-state index is 5.53. The Morgan fingerprint density at radius 2 is 2.14 bits per heavy atom. The van der Waals surface area contributed by atoms with Crippen molar-refractivity contribution in [3.05, 3.63) is 41.7 Å². The Labute approximate surface area is 83.0 Å². The molecule has 0 unspecified atom stereocenters. The molecule has 0 amide bonds. The molecule has 72 valence electrons. The van der Waals surface area contributed by atoms with Crippen LogP contribution in [0, 0.1) is 0 Å². The predicted octanol–water partition coefficient (Wildman–Crippen LogP) is 0.382. The predicted molar refractivity (Wildman–Crippen MR) is 59.6 cm³/mol. The lowest BCUT2D eigenvalue weighted by Crippen LogP contribution is -2.31. The first-order valence-electron chi connectivity index (χ1n) is 4.32. The zero-order chi connectivity index (χ0) is 10.4. The molecular formula is C11H13N3. The highest BCUT2D eigenvalue weighted by Gasteiger charge is 1.88. The van der Waals surface area contributed by atoms with E-state index >= 15 is 0 Å². The molecule has 0 aromatic carbocycles. The zero-order valence-corrected chi connectivity index (χ0v) is 8.14. The summed E-state index contributed by atoms with van der Waals surface area (Å²) in [4.78, 5) is 8.30. The molecular weight excluding hydrogens is 174 g/mol. The molecule has 0 atom stereocenters. The highest BCUT2D eigenvalue weighted by molar-refractivity contribution is 5.40.